The summed E-state index contributed by atoms with van der Waals surface area (Å²) in [6.45, 7) is 0. The fourth-order valence-corrected chi connectivity index (χ4v) is 6.12. The smallest absolute Gasteiger partial charge is 0.233 e. The number of carbonyl (C=O) groups is 2. The van der Waals surface area contributed by atoms with Gasteiger partial charge in [0.2, 0.25) is 5.91 Å². The summed E-state index contributed by atoms with van der Waals surface area (Å²) in [4.78, 5) is 30.9. The standard InChI is InChI=1S/C30H26N2O4S/c1-35-27-12-5-2-9-21(27)30-29-23(16-19(17-25(29)33)26-13-6-14-36-26)31-22-10-3-4-11-24(22)32(30)28(34)18-20-8-7-15-37-20/h2-15,19,30-31H,16-18H2,1H3/t19-,30+/m0/s1. The number of nitrogens with one attached hydrogen (secondary N) is 1. The number of benzene rings is 2. The third-order valence-electron chi connectivity index (χ3n) is 7.04. The van der Waals surface area contributed by atoms with Crippen molar-refractivity contribution in [3.8, 4) is 5.75 Å². The maximum Gasteiger partial charge on any atom is 0.233 e. The number of anilines is 2. The van der Waals surface area contributed by atoms with Gasteiger partial charge in [-0.1, -0.05) is 36.4 Å². The summed E-state index contributed by atoms with van der Waals surface area (Å²) in [7, 11) is 1.62. The first-order valence-electron chi connectivity index (χ1n) is 12.3. The Kier molecular flexibility index (Phi) is 6.14. The Bertz CT molecular complexity index is 1470. The molecule has 3 heterocycles. The Morgan fingerprint density at radius 3 is 2.68 bits per heavy atom. The minimum absolute atomic E-state index is 0.00668. The first kappa shape index (κ1) is 23.3. The lowest BCUT2D eigenvalue weighted by Crippen LogP contribution is -2.39. The Morgan fingerprint density at radius 2 is 1.89 bits per heavy atom. The molecule has 7 heteroatoms. The quantitative estimate of drug-likeness (QED) is 0.332. The lowest BCUT2D eigenvalue weighted by Gasteiger charge is -2.35. The molecule has 2 aliphatic rings. The van der Waals surface area contributed by atoms with Crippen molar-refractivity contribution in [1.82, 2.24) is 0 Å². The lowest BCUT2D eigenvalue weighted by molar-refractivity contribution is -0.118. The second kappa shape index (κ2) is 9.75. The van der Waals surface area contributed by atoms with E-state index in [4.69, 9.17) is 9.15 Å². The number of nitrogens with zero attached hydrogens (tertiary/aromatic N) is 1. The van der Waals surface area contributed by atoms with E-state index >= 15 is 0 Å². The number of allylic oxidation sites excluding steroid dienone is 1. The highest BCUT2D eigenvalue weighted by molar-refractivity contribution is 7.10. The molecule has 0 saturated carbocycles. The molecule has 4 aromatic rings. The van der Waals surface area contributed by atoms with Crippen LogP contribution in [0.1, 0.15) is 41.0 Å². The van der Waals surface area contributed by atoms with Crippen LogP contribution in [-0.4, -0.2) is 18.8 Å². The zero-order chi connectivity index (χ0) is 25.4. The van der Waals surface area contributed by atoms with Gasteiger partial charge in [-0.05, 0) is 48.2 Å². The van der Waals surface area contributed by atoms with Gasteiger partial charge in [0, 0.05) is 34.0 Å². The number of carbonyl (C=O) groups excluding carboxylic acids is 2. The molecule has 1 amide bonds. The summed E-state index contributed by atoms with van der Waals surface area (Å²) in [6.07, 6.45) is 2.79. The number of thiophene rings is 1. The molecule has 1 aliphatic carbocycles. The predicted molar refractivity (Wildman–Crippen MR) is 144 cm³/mol. The highest BCUT2D eigenvalue weighted by atomic mass is 32.1. The zero-order valence-corrected chi connectivity index (χ0v) is 21.2. The molecule has 1 N–H and O–H groups in total. The number of fused-ring (bicyclic) bond motifs is 1. The highest BCUT2D eigenvalue weighted by Crippen LogP contribution is 2.49. The molecule has 2 aromatic heterocycles. The van der Waals surface area contributed by atoms with Crippen LogP contribution in [0.25, 0.3) is 0 Å². The molecule has 2 atom stereocenters. The molecule has 1 aliphatic heterocycles. The second-order valence-electron chi connectivity index (χ2n) is 9.24. The van der Waals surface area contributed by atoms with Crippen molar-refractivity contribution in [2.24, 2.45) is 0 Å². The third kappa shape index (κ3) is 4.25. The number of ketones is 1. The Hall–Kier alpha value is -4.10. The Balaban J connectivity index is 1.56. The maximum absolute atomic E-state index is 14.1. The van der Waals surface area contributed by atoms with Gasteiger partial charge in [-0.2, -0.15) is 0 Å². The van der Waals surface area contributed by atoms with Crippen LogP contribution in [0.15, 0.2) is 100 Å². The van der Waals surface area contributed by atoms with Crippen LogP contribution in [0.2, 0.25) is 0 Å². The van der Waals surface area contributed by atoms with Crippen molar-refractivity contribution >= 4 is 34.4 Å². The fraction of sp³-hybridized carbons (Fsp3) is 0.200. The van der Waals surface area contributed by atoms with E-state index in [0.717, 1.165) is 33.3 Å². The number of rotatable bonds is 5. The SMILES string of the molecule is COc1ccccc1[C@@H]1C2=C(C[C@H](c3ccco3)CC2=O)Nc2ccccc2N1C(=O)Cc1cccs1. The number of methoxy groups -OCH3 is 1. The largest absolute Gasteiger partial charge is 0.496 e. The van der Waals surface area contributed by atoms with Crippen molar-refractivity contribution in [3.05, 3.63) is 112 Å². The van der Waals surface area contributed by atoms with Crippen molar-refractivity contribution in [2.75, 3.05) is 17.3 Å². The molecule has 0 radical (unpaired) electrons. The third-order valence-corrected chi connectivity index (χ3v) is 7.92. The molecule has 6 rings (SSSR count). The van der Waals surface area contributed by atoms with Gasteiger partial charge in [-0.15, -0.1) is 11.3 Å². The summed E-state index contributed by atoms with van der Waals surface area (Å²) in [5.41, 5.74) is 3.72. The van der Waals surface area contributed by atoms with E-state index in [1.54, 1.807) is 29.6 Å². The molecular weight excluding hydrogens is 484 g/mol. The van der Waals surface area contributed by atoms with E-state index in [-0.39, 0.29) is 24.0 Å². The van der Waals surface area contributed by atoms with E-state index in [2.05, 4.69) is 5.32 Å². The number of ether oxygens (including phenoxy) is 1. The number of amides is 1. The Labute approximate surface area is 219 Å². The summed E-state index contributed by atoms with van der Waals surface area (Å²) in [6, 6.07) is 22.4. The van der Waals surface area contributed by atoms with Crippen LogP contribution in [0.4, 0.5) is 11.4 Å². The van der Waals surface area contributed by atoms with E-state index in [1.807, 2.05) is 78.2 Å². The molecule has 186 valence electrons. The van der Waals surface area contributed by atoms with Gasteiger partial charge in [-0.25, -0.2) is 0 Å². The van der Waals surface area contributed by atoms with E-state index in [1.165, 1.54) is 0 Å². The van der Waals surface area contributed by atoms with Gasteiger partial charge in [0.15, 0.2) is 5.78 Å². The highest BCUT2D eigenvalue weighted by Gasteiger charge is 2.43. The molecule has 0 spiro atoms. The maximum atomic E-state index is 14.1. The number of para-hydroxylation sites is 3. The minimum Gasteiger partial charge on any atom is -0.496 e. The van der Waals surface area contributed by atoms with Crippen molar-refractivity contribution in [1.29, 1.82) is 0 Å². The van der Waals surface area contributed by atoms with Crippen LogP contribution in [0.3, 0.4) is 0 Å². The average Bonchev–Trinajstić information content (AvgIpc) is 3.61. The molecule has 6 nitrogen and oxygen atoms in total. The monoisotopic (exact) mass is 510 g/mol. The predicted octanol–water partition coefficient (Wildman–Crippen LogP) is 6.49. The molecule has 0 unspecified atom stereocenters. The minimum atomic E-state index is -0.639. The first-order valence-corrected chi connectivity index (χ1v) is 13.1. The summed E-state index contributed by atoms with van der Waals surface area (Å²) >= 11 is 1.55. The van der Waals surface area contributed by atoms with Crippen LogP contribution >= 0.6 is 11.3 Å². The summed E-state index contributed by atoms with van der Waals surface area (Å²) in [5.74, 6) is 1.26. The van der Waals surface area contributed by atoms with Crippen LogP contribution in [0, 0.1) is 0 Å². The second-order valence-corrected chi connectivity index (χ2v) is 10.3. The van der Waals surface area contributed by atoms with Crippen LogP contribution in [-0.2, 0) is 16.0 Å². The number of hydrogen-bond acceptors (Lipinski definition) is 6. The normalized spacial score (nSPS) is 19.1. The molecule has 37 heavy (non-hydrogen) atoms. The van der Waals surface area contributed by atoms with Crippen molar-refractivity contribution < 1.29 is 18.7 Å². The molecule has 0 fully saturated rings. The molecule has 2 aromatic carbocycles. The lowest BCUT2D eigenvalue weighted by atomic mass is 9.79. The van der Waals surface area contributed by atoms with Gasteiger partial charge in [0.25, 0.3) is 0 Å². The van der Waals surface area contributed by atoms with Crippen molar-refractivity contribution in [2.45, 2.75) is 31.2 Å². The van der Waals surface area contributed by atoms with Gasteiger partial charge < -0.3 is 14.5 Å². The van der Waals surface area contributed by atoms with Gasteiger partial charge >= 0.3 is 0 Å². The number of furan rings is 1. The summed E-state index contributed by atoms with van der Waals surface area (Å²) < 4.78 is 11.4. The first-order chi connectivity index (χ1) is 18.1. The molecule has 0 bridgehead atoms. The topological polar surface area (TPSA) is 71.8 Å². The van der Waals surface area contributed by atoms with Gasteiger partial charge in [0.05, 0.1) is 37.2 Å². The van der Waals surface area contributed by atoms with Gasteiger partial charge in [0.1, 0.15) is 11.5 Å². The molecular formula is C30H26N2O4S. The molecule has 0 saturated heterocycles. The van der Waals surface area contributed by atoms with Crippen LogP contribution < -0.4 is 15.0 Å². The van der Waals surface area contributed by atoms with E-state index in [9.17, 15) is 9.59 Å². The Morgan fingerprint density at radius 1 is 1.05 bits per heavy atom. The zero-order valence-electron chi connectivity index (χ0n) is 20.3. The fourth-order valence-electron chi connectivity index (χ4n) is 5.42. The van der Waals surface area contributed by atoms with E-state index < -0.39 is 6.04 Å². The van der Waals surface area contributed by atoms with Crippen LogP contribution in [0.5, 0.6) is 5.75 Å². The average molecular weight is 511 g/mol. The number of Topliss-reactive ketones (excluding diaryl/α,β-unsaturated/α-hetero) is 1. The van der Waals surface area contributed by atoms with Crippen molar-refractivity contribution in [3.63, 3.8) is 0 Å². The van der Waals surface area contributed by atoms with E-state index in [0.29, 0.717) is 24.2 Å². The van der Waals surface area contributed by atoms with Gasteiger partial charge in [-0.3, -0.25) is 14.5 Å². The summed E-state index contributed by atoms with van der Waals surface area (Å²) in [5, 5.41) is 5.52. The number of hydrogen-bond donors (Lipinski definition) is 1.